The van der Waals surface area contributed by atoms with Gasteiger partial charge in [0.05, 0.1) is 4.92 Å². The van der Waals surface area contributed by atoms with Gasteiger partial charge >= 0.3 is 5.69 Å². The molecule has 1 aromatic carbocycles. The van der Waals surface area contributed by atoms with Crippen LogP contribution in [0.15, 0.2) is 18.2 Å². The minimum Gasteiger partial charge on any atom is -0.382 e. The number of hydrogen-bond acceptors (Lipinski definition) is 4. The van der Waals surface area contributed by atoms with Crippen LogP contribution in [0.4, 0.5) is 17.1 Å². The molecule has 0 saturated carbocycles. The van der Waals surface area contributed by atoms with Crippen LogP contribution in [-0.4, -0.2) is 18.0 Å². The van der Waals surface area contributed by atoms with Crippen LogP contribution in [0.25, 0.3) is 0 Å². The maximum Gasteiger partial charge on any atom is 0.315 e. The average Bonchev–Trinajstić information content (AvgIpc) is 2.37. The number of benzene rings is 1. The van der Waals surface area contributed by atoms with E-state index in [1.165, 1.54) is 6.42 Å². The van der Waals surface area contributed by atoms with Crippen molar-refractivity contribution in [3.8, 4) is 0 Å². The van der Waals surface area contributed by atoms with Gasteiger partial charge in [0.25, 0.3) is 0 Å². The van der Waals surface area contributed by atoms with Crippen molar-refractivity contribution in [1.82, 2.24) is 0 Å². The third-order valence-electron chi connectivity index (χ3n) is 3.31. The second kappa shape index (κ2) is 7.72. The van der Waals surface area contributed by atoms with E-state index in [2.05, 4.69) is 31.4 Å². The van der Waals surface area contributed by atoms with Gasteiger partial charge in [0.2, 0.25) is 0 Å². The second-order valence-electron chi connectivity index (χ2n) is 5.58. The Morgan fingerprint density at radius 1 is 1.20 bits per heavy atom. The van der Waals surface area contributed by atoms with Crippen molar-refractivity contribution >= 4 is 17.1 Å². The van der Waals surface area contributed by atoms with Crippen molar-refractivity contribution in [2.75, 3.05) is 17.7 Å². The molecule has 0 aliphatic heterocycles. The van der Waals surface area contributed by atoms with Crippen LogP contribution in [0.5, 0.6) is 0 Å². The summed E-state index contributed by atoms with van der Waals surface area (Å²) in [5, 5.41) is 17.3. The van der Waals surface area contributed by atoms with Crippen molar-refractivity contribution in [3.05, 3.63) is 28.3 Å². The number of nitrogens with zero attached hydrogens (tertiary/aromatic N) is 1. The molecule has 0 fully saturated rings. The smallest absolute Gasteiger partial charge is 0.315 e. The van der Waals surface area contributed by atoms with Gasteiger partial charge in [-0.1, -0.05) is 32.8 Å². The first-order valence-electron chi connectivity index (χ1n) is 7.17. The Kier molecular flexibility index (Phi) is 6.28. The van der Waals surface area contributed by atoms with E-state index in [4.69, 9.17) is 0 Å². The van der Waals surface area contributed by atoms with E-state index in [1.807, 2.05) is 6.07 Å². The summed E-state index contributed by atoms with van der Waals surface area (Å²) in [6, 6.07) is 5.52. The molecule has 0 heterocycles. The van der Waals surface area contributed by atoms with Crippen LogP contribution >= 0.6 is 0 Å². The number of para-hydroxylation sites is 1. The van der Waals surface area contributed by atoms with E-state index >= 15 is 0 Å². The van der Waals surface area contributed by atoms with Gasteiger partial charge in [-0.2, -0.15) is 0 Å². The van der Waals surface area contributed by atoms with E-state index in [-0.39, 0.29) is 16.7 Å². The normalized spacial score (nSPS) is 12.2. The zero-order valence-electron chi connectivity index (χ0n) is 12.8. The SMILES string of the molecule is CNc1cccc(NC(C)CCCC(C)C)c1[N+](=O)[O-]. The van der Waals surface area contributed by atoms with Crippen molar-refractivity contribution in [2.24, 2.45) is 5.92 Å². The number of nitro groups is 1. The van der Waals surface area contributed by atoms with Gasteiger partial charge in [0.15, 0.2) is 0 Å². The number of anilines is 2. The molecule has 0 aromatic heterocycles. The molecule has 5 heteroatoms. The molecule has 20 heavy (non-hydrogen) atoms. The summed E-state index contributed by atoms with van der Waals surface area (Å²) in [5.41, 5.74) is 1.24. The van der Waals surface area contributed by atoms with E-state index in [1.54, 1.807) is 19.2 Å². The first kappa shape index (κ1) is 16.3. The lowest BCUT2D eigenvalue weighted by Gasteiger charge is -2.16. The molecule has 112 valence electrons. The van der Waals surface area contributed by atoms with Crippen LogP contribution in [-0.2, 0) is 0 Å². The summed E-state index contributed by atoms with van der Waals surface area (Å²) in [4.78, 5) is 10.9. The Hall–Kier alpha value is -1.78. The lowest BCUT2D eigenvalue weighted by molar-refractivity contribution is -0.383. The second-order valence-corrected chi connectivity index (χ2v) is 5.58. The topological polar surface area (TPSA) is 67.2 Å². The van der Waals surface area contributed by atoms with Crippen LogP contribution in [0, 0.1) is 16.0 Å². The molecule has 5 nitrogen and oxygen atoms in total. The molecule has 0 spiro atoms. The maximum atomic E-state index is 11.2. The molecule has 0 radical (unpaired) electrons. The summed E-state index contributed by atoms with van der Waals surface area (Å²) >= 11 is 0. The van der Waals surface area contributed by atoms with Gasteiger partial charge in [-0.25, -0.2) is 0 Å². The number of rotatable bonds is 8. The number of hydrogen-bond donors (Lipinski definition) is 2. The molecule has 1 atom stereocenters. The van der Waals surface area contributed by atoms with Crippen LogP contribution in [0.1, 0.15) is 40.0 Å². The molecule has 1 unspecified atom stereocenters. The largest absolute Gasteiger partial charge is 0.382 e. The maximum absolute atomic E-state index is 11.2. The predicted molar refractivity (Wildman–Crippen MR) is 84.4 cm³/mol. The van der Waals surface area contributed by atoms with E-state index in [0.717, 1.165) is 12.8 Å². The Bertz CT molecular complexity index is 447. The molecular weight excluding hydrogens is 254 g/mol. The summed E-state index contributed by atoms with van der Waals surface area (Å²) in [5.74, 6) is 0.698. The molecule has 0 saturated heterocycles. The fourth-order valence-corrected chi connectivity index (χ4v) is 2.23. The van der Waals surface area contributed by atoms with Gasteiger partial charge in [-0.15, -0.1) is 0 Å². The van der Waals surface area contributed by atoms with Crippen molar-refractivity contribution in [1.29, 1.82) is 0 Å². The number of nitro benzene ring substituents is 1. The Balaban J connectivity index is 2.74. The molecule has 2 N–H and O–H groups in total. The summed E-state index contributed by atoms with van der Waals surface area (Å²) < 4.78 is 0. The minimum absolute atomic E-state index is 0.116. The van der Waals surface area contributed by atoms with Gasteiger partial charge in [-0.05, 0) is 31.4 Å². The van der Waals surface area contributed by atoms with Crippen molar-refractivity contribution < 1.29 is 4.92 Å². The van der Waals surface area contributed by atoms with Crippen molar-refractivity contribution in [2.45, 2.75) is 46.1 Å². The molecule has 0 aliphatic carbocycles. The first-order chi connectivity index (χ1) is 9.45. The fourth-order valence-electron chi connectivity index (χ4n) is 2.23. The highest BCUT2D eigenvalue weighted by Gasteiger charge is 2.19. The van der Waals surface area contributed by atoms with Crippen LogP contribution < -0.4 is 10.6 Å². The Morgan fingerprint density at radius 3 is 2.40 bits per heavy atom. The highest BCUT2D eigenvalue weighted by atomic mass is 16.6. The third kappa shape index (κ3) is 4.72. The van der Waals surface area contributed by atoms with Crippen LogP contribution in [0.2, 0.25) is 0 Å². The molecule has 1 aromatic rings. The Morgan fingerprint density at radius 2 is 1.85 bits per heavy atom. The average molecular weight is 279 g/mol. The zero-order valence-corrected chi connectivity index (χ0v) is 12.8. The summed E-state index contributed by atoms with van der Waals surface area (Å²) in [7, 11) is 1.69. The molecule has 0 bridgehead atoms. The predicted octanol–water partition coefficient (Wildman–Crippen LogP) is 4.26. The highest BCUT2D eigenvalue weighted by molar-refractivity contribution is 5.76. The molecular formula is C15H25N3O2. The fraction of sp³-hybridized carbons (Fsp3) is 0.600. The van der Waals surface area contributed by atoms with Gasteiger partial charge in [0, 0.05) is 13.1 Å². The van der Waals surface area contributed by atoms with Gasteiger partial charge in [0.1, 0.15) is 11.4 Å². The van der Waals surface area contributed by atoms with E-state index in [9.17, 15) is 10.1 Å². The third-order valence-corrected chi connectivity index (χ3v) is 3.31. The van der Waals surface area contributed by atoms with Gasteiger partial charge < -0.3 is 10.6 Å². The molecule has 0 aliphatic rings. The van der Waals surface area contributed by atoms with E-state index < -0.39 is 0 Å². The van der Waals surface area contributed by atoms with Gasteiger partial charge in [-0.3, -0.25) is 10.1 Å². The first-order valence-corrected chi connectivity index (χ1v) is 7.17. The van der Waals surface area contributed by atoms with Crippen molar-refractivity contribution in [3.63, 3.8) is 0 Å². The monoisotopic (exact) mass is 279 g/mol. The van der Waals surface area contributed by atoms with Crippen LogP contribution in [0.3, 0.4) is 0 Å². The zero-order chi connectivity index (χ0) is 15.1. The minimum atomic E-state index is -0.338. The highest BCUT2D eigenvalue weighted by Crippen LogP contribution is 2.33. The standard InChI is InChI=1S/C15H25N3O2/c1-11(2)7-5-8-12(3)17-14-10-6-9-13(16-4)15(14)18(19)20/h6,9-12,16-17H,5,7-8H2,1-4H3. The summed E-state index contributed by atoms with van der Waals surface area (Å²) in [6.07, 6.45) is 3.33. The number of nitrogens with one attached hydrogen (secondary N) is 2. The Labute approximate surface area is 120 Å². The lowest BCUT2D eigenvalue weighted by atomic mass is 10.0. The molecule has 1 rings (SSSR count). The van der Waals surface area contributed by atoms with E-state index in [0.29, 0.717) is 17.3 Å². The quantitative estimate of drug-likeness (QED) is 0.551. The summed E-state index contributed by atoms with van der Waals surface area (Å²) in [6.45, 7) is 6.48. The lowest BCUT2D eigenvalue weighted by Crippen LogP contribution is -2.16. The molecule has 0 amide bonds.